The summed E-state index contributed by atoms with van der Waals surface area (Å²) in [5.74, 6) is -2.63. The lowest BCUT2D eigenvalue weighted by Crippen LogP contribution is -2.58. The number of aliphatic hydroxyl groups is 1. The van der Waals surface area contributed by atoms with Crippen molar-refractivity contribution in [2.24, 2.45) is 5.92 Å². The van der Waals surface area contributed by atoms with Crippen LogP contribution in [0.5, 0.6) is 5.75 Å². The standard InChI is InChI=1S/C35H46F4N2O7/c1-33(2,3)48-32(43)40-13-12-34(44,28-11-8-25(20-30(28)36)35(37,38)39)29(22-40)31(42)41(26-9-10-26)21-24-17-23(7-6-14-45-4)18-27(19-24)47-16-15-46-5/h8,11,17-20,26,29,44H,6-7,9-10,12-16,21-22H2,1-5H3/t29-,34+/m1/s1. The first-order chi connectivity index (χ1) is 22.6. The smallest absolute Gasteiger partial charge is 0.416 e. The lowest BCUT2D eigenvalue weighted by Gasteiger charge is -2.45. The van der Waals surface area contributed by atoms with Crippen molar-refractivity contribution in [2.75, 3.05) is 47.1 Å². The maximum Gasteiger partial charge on any atom is 0.416 e. The summed E-state index contributed by atoms with van der Waals surface area (Å²) in [4.78, 5) is 30.6. The van der Waals surface area contributed by atoms with E-state index in [9.17, 15) is 27.9 Å². The van der Waals surface area contributed by atoms with Crippen molar-refractivity contribution in [3.8, 4) is 5.75 Å². The van der Waals surface area contributed by atoms with Gasteiger partial charge in [-0.1, -0.05) is 12.1 Å². The van der Waals surface area contributed by atoms with Gasteiger partial charge in [0.2, 0.25) is 5.91 Å². The van der Waals surface area contributed by atoms with E-state index in [-0.39, 0.29) is 32.1 Å². The Morgan fingerprint density at radius 3 is 2.29 bits per heavy atom. The van der Waals surface area contributed by atoms with Crippen LogP contribution in [0, 0.1) is 11.7 Å². The zero-order chi connectivity index (χ0) is 35.3. The zero-order valence-corrected chi connectivity index (χ0v) is 28.2. The molecule has 2 aromatic rings. The number of carbonyl (C=O) groups is 2. The molecule has 1 saturated carbocycles. The highest BCUT2D eigenvalue weighted by molar-refractivity contribution is 5.82. The lowest BCUT2D eigenvalue weighted by molar-refractivity contribution is -0.155. The number of halogens is 4. The fourth-order valence-corrected chi connectivity index (χ4v) is 5.96. The second kappa shape index (κ2) is 15.4. The number of rotatable bonds is 13. The van der Waals surface area contributed by atoms with E-state index in [4.69, 9.17) is 18.9 Å². The molecule has 2 fully saturated rings. The van der Waals surface area contributed by atoms with Crippen LogP contribution in [0.1, 0.15) is 68.7 Å². The Bertz CT molecular complexity index is 1400. The summed E-state index contributed by atoms with van der Waals surface area (Å²) < 4.78 is 77.4. The SMILES string of the molecule is COCCCc1cc(CN(C(=O)[C@H]2CN(C(=O)OC(C)(C)C)CC[C@]2(O)c2ccc(C(F)(F)F)cc2F)C2CC2)cc(OCCOC)c1. The van der Waals surface area contributed by atoms with Gasteiger partial charge in [-0.15, -0.1) is 0 Å². The van der Waals surface area contributed by atoms with E-state index in [2.05, 4.69) is 0 Å². The number of aryl methyl sites for hydroxylation is 1. The third kappa shape index (κ3) is 9.60. The molecule has 0 spiro atoms. The Labute approximate surface area is 279 Å². The quantitative estimate of drug-likeness (QED) is 0.202. The van der Waals surface area contributed by atoms with Crippen LogP contribution in [-0.2, 0) is 43.7 Å². The number of hydrogen-bond acceptors (Lipinski definition) is 7. The normalized spacial score (nSPS) is 20.0. The fourth-order valence-electron chi connectivity index (χ4n) is 5.96. The van der Waals surface area contributed by atoms with Gasteiger partial charge in [0.1, 0.15) is 29.4 Å². The number of methoxy groups -OCH3 is 2. The van der Waals surface area contributed by atoms with Crippen molar-refractivity contribution in [1.29, 1.82) is 0 Å². The molecule has 0 aromatic heterocycles. The molecule has 0 radical (unpaired) electrons. The number of piperidine rings is 1. The van der Waals surface area contributed by atoms with Crippen LogP contribution in [-0.4, -0.2) is 85.7 Å². The largest absolute Gasteiger partial charge is 0.491 e. The predicted octanol–water partition coefficient (Wildman–Crippen LogP) is 6.08. The van der Waals surface area contributed by atoms with Gasteiger partial charge in [0.05, 0.1) is 18.1 Å². The highest BCUT2D eigenvalue weighted by Crippen LogP contribution is 2.43. The third-order valence-corrected chi connectivity index (χ3v) is 8.47. The predicted molar refractivity (Wildman–Crippen MR) is 169 cm³/mol. The van der Waals surface area contributed by atoms with E-state index in [1.807, 2.05) is 18.2 Å². The summed E-state index contributed by atoms with van der Waals surface area (Å²) >= 11 is 0. The monoisotopic (exact) mass is 682 g/mol. The Hall–Kier alpha value is -3.42. The van der Waals surface area contributed by atoms with E-state index in [0.717, 1.165) is 23.6 Å². The molecular weight excluding hydrogens is 636 g/mol. The van der Waals surface area contributed by atoms with Crippen molar-refractivity contribution >= 4 is 12.0 Å². The number of nitrogens with zero attached hydrogens (tertiary/aromatic N) is 2. The number of amides is 2. The second-order valence-electron chi connectivity index (χ2n) is 13.5. The molecule has 1 heterocycles. The van der Waals surface area contributed by atoms with Gasteiger partial charge < -0.3 is 33.9 Å². The number of carbonyl (C=O) groups excluding carboxylic acids is 2. The third-order valence-electron chi connectivity index (χ3n) is 8.47. The van der Waals surface area contributed by atoms with E-state index in [1.54, 1.807) is 39.9 Å². The van der Waals surface area contributed by atoms with Crippen molar-refractivity contribution < 1.29 is 51.2 Å². The van der Waals surface area contributed by atoms with E-state index in [0.29, 0.717) is 57.0 Å². The topological polar surface area (TPSA) is 97.8 Å². The molecule has 266 valence electrons. The summed E-state index contributed by atoms with van der Waals surface area (Å²) in [5, 5.41) is 12.1. The number of likely N-dealkylation sites (tertiary alicyclic amines) is 1. The molecule has 0 bridgehead atoms. The average Bonchev–Trinajstić information content (AvgIpc) is 3.84. The van der Waals surface area contributed by atoms with Gasteiger partial charge in [0.25, 0.3) is 0 Å². The lowest BCUT2D eigenvalue weighted by atomic mass is 9.74. The van der Waals surface area contributed by atoms with Gasteiger partial charge in [-0.25, -0.2) is 9.18 Å². The molecule has 1 aliphatic heterocycles. The molecule has 1 aliphatic carbocycles. The van der Waals surface area contributed by atoms with Gasteiger partial charge in [-0.2, -0.15) is 13.2 Å². The second-order valence-corrected chi connectivity index (χ2v) is 13.5. The molecule has 2 amide bonds. The molecule has 9 nitrogen and oxygen atoms in total. The minimum Gasteiger partial charge on any atom is -0.491 e. The number of hydrogen-bond donors (Lipinski definition) is 1. The molecule has 0 unspecified atom stereocenters. The van der Waals surface area contributed by atoms with Crippen LogP contribution >= 0.6 is 0 Å². The van der Waals surface area contributed by atoms with Crippen molar-refractivity contribution in [3.05, 3.63) is 64.5 Å². The van der Waals surface area contributed by atoms with Gasteiger partial charge in [0, 0.05) is 52.1 Å². The molecule has 1 saturated heterocycles. The molecule has 2 atom stereocenters. The Kier molecular flexibility index (Phi) is 12.0. The fraction of sp³-hybridized carbons (Fsp3) is 0.600. The number of alkyl halides is 3. The summed E-state index contributed by atoms with van der Waals surface area (Å²) in [5.41, 5.74) is -2.95. The van der Waals surface area contributed by atoms with Crippen molar-refractivity contribution in [3.63, 3.8) is 0 Å². The first kappa shape index (κ1) is 37.4. The van der Waals surface area contributed by atoms with E-state index in [1.165, 1.54) is 4.90 Å². The van der Waals surface area contributed by atoms with E-state index >= 15 is 4.39 Å². The number of ether oxygens (including phenoxy) is 4. The number of benzene rings is 2. The highest BCUT2D eigenvalue weighted by atomic mass is 19.4. The van der Waals surface area contributed by atoms with Crippen LogP contribution in [0.25, 0.3) is 0 Å². The molecule has 2 aromatic carbocycles. The van der Waals surface area contributed by atoms with Crippen LogP contribution in [0.15, 0.2) is 36.4 Å². The maximum atomic E-state index is 15.5. The van der Waals surface area contributed by atoms with Gasteiger partial charge in [0.15, 0.2) is 0 Å². The first-order valence-corrected chi connectivity index (χ1v) is 16.2. The molecular formula is C35H46F4N2O7. The van der Waals surface area contributed by atoms with Crippen molar-refractivity contribution in [1.82, 2.24) is 9.80 Å². The van der Waals surface area contributed by atoms with Crippen LogP contribution < -0.4 is 4.74 Å². The first-order valence-electron chi connectivity index (χ1n) is 16.2. The zero-order valence-electron chi connectivity index (χ0n) is 28.2. The molecule has 4 rings (SSSR count). The summed E-state index contributed by atoms with van der Waals surface area (Å²) in [6.07, 6.45) is -2.95. The van der Waals surface area contributed by atoms with Gasteiger partial charge in [-0.3, -0.25) is 4.79 Å². The van der Waals surface area contributed by atoms with Crippen LogP contribution in [0.2, 0.25) is 0 Å². The summed E-state index contributed by atoms with van der Waals surface area (Å²) in [6, 6.07) is 7.45. The van der Waals surface area contributed by atoms with Gasteiger partial charge in [-0.05, 0) is 88.3 Å². The van der Waals surface area contributed by atoms with Gasteiger partial charge >= 0.3 is 12.3 Å². The molecule has 2 aliphatic rings. The molecule has 1 N–H and O–H groups in total. The van der Waals surface area contributed by atoms with Crippen LogP contribution in [0.3, 0.4) is 0 Å². The Balaban J connectivity index is 1.70. The van der Waals surface area contributed by atoms with E-state index < -0.39 is 52.2 Å². The average molecular weight is 683 g/mol. The minimum absolute atomic E-state index is 0.106. The molecule has 13 heteroatoms. The summed E-state index contributed by atoms with van der Waals surface area (Å²) in [7, 11) is 3.20. The Morgan fingerprint density at radius 1 is 1.00 bits per heavy atom. The van der Waals surface area contributed by atoms with Crippen molar-refractivity contribution in [2.45, 2.75) is 82.8 Å². The Morgan fingerprint density at radius 2 is 1.69 bits per heavy atom. The highest BCUT2D eigenvalue weighted by Gasteiger charge is 2.52. The minimum atomic E-state index is -4.80. The maximum absolute atomic E-state index is 15.5. The van der Waals surface area contributed by atoms with Crippen LogP contribution in [0.4, 0.5) is 22.4 Å². The summed E-state index contributed by atoms with van der Waals surface area (Å²) in [6.45, 7) is 6.04. The molecule has 48 heavy (non-hydrogen) atoms.